The maximum absolute atomic E-state index is 12.3. The number of nitriles is 1. The summed E-state index contributed by atoms with van der Waals surface area (Å²) >= 11 is 0. The lowest BCUT2D eigenvalue weighted by Gasteiger charge is -2.15. The topological polar surface area (TPSA) is 97.6 Å². The molecule has 0 spiro atoms. The van der Waals surface area contributed by atoms with E-state index in [0.29, 0.717) is 22.7 Å². The van der Waals surface area contributed by atoms with Crippen molar-refractivity contribution in [2.24, 2.45) is 0 Å². The van der Waals surface area contributed by atoms with E-state index in [0.717, 1.165) is 0 Å². The molecule has 0 aliphatic rings. The maximum atomic E-state index is 12.3. The minimum absolute atomic E-state index is 0.231. The Hall–Kier alpha value is -3.79. The fraction of sp³-hybridized carbons (Fsp3) is 0.190. The molecule has 0 saturated heterocycles. The molecule has 1 atom stereocenters. The van der Waals surface area contributed by atoms with Crippen molar-refractivity contribution in [1.29, 1.82) is 5.26 Å². The third-order valence-corrected chi connectivity index (χ3v) is 3.76. The number of rotatable bonds is 7. The predicted molar refractivity (Wildman–Crippen MR) is 104 cm³/mol. The molecule has 1 N–H and O–H groups in total. The number of hydrogen-bond acceptors (Lipinski definition) is 6. The number of benzene rings is 2. The molecule has 2 aromatic carbocycles. The molecule has 0 radical (unpaired) electrons. The minimum atomic E-state index is -1.11. The quantitative estimate of drug-likeness (QED) is 0.450. The number of para-hydroxylation sites is 2. The molecule has 0 saturated carbocycles. The summed E-state index contributed by atoms with van der Waals surface area (Å²) in [6.45, 7) is 1.42. The van der Waals surface area contributed by atoms with Gasteiger partial charge in [-0.05, 0) is 42.8 Å². The van der Waals surface area contributed by atoms with Gasteiger partial charge in [0.2, 0.25) is 0 Å². The third kappa shape index (κ3) is 5.35. The van der Waals surface area contributed by atoms with Crippen LogP contribution in [0.5, 0.6) is 11.5 Å². The van der Waals surface area contributed by atoms with Gasteiger partial charge in [-0.3, -0.25) is 4.79 Å². The highest BCUT2D eigenvalue weighted by molar-refractivity contribution is 6.01. The molecule has 2 rings (SSSR count). The van der Waals surface area contributed by atoms with Gasteiger partial charge in [-0.25, -0.2) is 4.79 Å². The van der Waals surface area contributed by atoms with Crippen LogP contribution in [0.2, 0.25) is 0 Å². The van der Waals surface area contributed by atoms with Gasteiger partial charge < -0.3 is 19.5 Å². The number of carbonyl (C=O) groups is 2. The number of hydrogen-bond donors (Lipinski definition) is 1. The molecule has 1 amide bonds. The lowest BCUT2D eigenvalue weighted by atomic mass is 10.1. The average molecular weight is 380 g/mol. The summed E-state index contributed by atoms with van der Waals surface area (Å²) in [5.41, 5.74) is 0.814. The van der Waals surface area contributed by atoms with Crippen molar-refractivity contribution in [3.05, 3.63) is 59.7 Å². The summed E-state index contributed by atoms with van der Waals surface area (Å²) in [4.78, 5) is 24.6. The van der Waals surface area contributed by atoms with Crippen molar-refractivity contribution in [2.45, 2.75) is 13.0 Å². The van der Waals surface area contributed by atoms with E-state index in [9.17, 15) is 14.9 Å². The standard InChI is InChI=1S/C21H20N2O5/c1-14(20(24)23-18-9-4-5-10-19(18)27-3)28-21(25)16(13-22)11-15-7-6-8-17(12-15)26-2/h4-12,14H,1-3H3,(H,23,24)/b16-11+/t14-/m0/s1. The van der Waals surface area contributed by atoms with Gasteiger partial charge in [0.05, 0.1) is 19.9 Å². The summed E-state index contributed by atoms with van der Waals surface area (Å²) in [7, 11) is 3.00. The van der Waals surface area contributed by atoms with E-state index in [4.69, 9.17) is 14.2 Å². The number of anilines is 1. The van der Waals surface area contributed by atoms with Crippen molar-refractivity contribution >= 4 is 23.6 Å². The largest absolute Gasteiger partial charge is 0.497 e. The van der Waals surface area contributed by atoms with Gasteiger partial charge in [-0.2, -0.15) is 5.26 Å². The molecule has 0 aromatic heterocycles. The van der Waals surface area contributed by atoms with E-state index in [1.165, 1.54) is 27.2 Å². The second-order valence-corrected chi connectivity index (χ2v) is 5.68. The number of esters is 1. The molecule has 0 fully saturated rings. The summed E-state index contributed by atoms with van der Waals surface area (Å²) < 4.78 is 15.4. The van der Waals surface area contributed by atoms with Crippen LogP contribution in [-0.2, 0) is 14.3 Å². The Bertz CT molecular complexity index is 930. The Morgan fingerprint density at radius 2 is 1.86 bits per heavy atom. The Labute approximate surface area is 163 Å². The van der Waals surface area contributed by atoms with Crippen LogP contribution in [0.15, 0.2) is 54.1 Å². The maximum Gasteiger partial charge on any atom is 0.349 e. The van der Waals surface area contributed by atoms with Crippen molar-refractivity contribution in [2.75, 3.05) is 19.5 Å². The molecule has 2 aromatic rings. The SMILES string of the molecule is COc1cccc(/C=C(\C#N)C(=O)O[C@@H](C)C(=O)Nc2ccccc2OC)c1. The molecule has 7 nitrogen and oxygen atoms in total. The van der Waals surface area contributed by atoms with E-state index in [1.807, 2.05) is 0 Å². The van der Waals surface area contributed by atoms with Crippen LogP contribution in [0.1, 0.15) is 12.5 Å². The van der Waals surface area contributed by atoms with Crippen LogP contribution >= 0.6 is 0 Å². The number of methoxy groups -OCH3 is 2. The molecule has 0 unspecified atom stereocenters. The number of carbonyl (C=O) groups excluding carboxylic acids is 2. The predicted octanol–water partition coefficient (Wildman–Crippen LogP) is 3.18. The number of ether oxygens (including phenoxy) is 3. The van der Waals surface area contributed by atoms with Gasteiger partial charge in [-0.15, -0.1) is 0 Å². The second kappa shape index (κ2) is 9.78. The Morgan fingerprint density at radius 1 is 1.11 bits per heavy atom. The fourth-order valence-electron chi connectivity index (χ4n) is 2.29. The molecule has 0 heterocycles. The molecular weight excluding hydrogens is 360 g/mol. The van der Waals surface area contributed by atoms with E-state index in [1.54, 1.807) is 54.6 Å². The lowest BCUT2D eigenvalue weighted by Crippen LogP contribution is -2.30. The average Bonchev–Trinajstić information content (AvgIpc) is 2.72. The smallest absolute Gasteiger partial charge is 0.349 e. The zero-order valence-electron chi connectivity index (χ0n) is 15.8. The third-order valence-electron chi connectivity index (χ3n) is 3.76. The zero-order chi connectivity index (χ0) is 20.5. The first-order valence-corrected chi connectivity index (χ1v) is 8.39. The highest BCUT2D eigenvalue weighted by Crippen LogP contribution is 2.23. The van der Waals surface area contributed by atoms with E-state index in [2.05, 4.69) is 5.32 Å². The highest BCUT2D eigenvalue weighted by atomic mass is 16.5. The van der Waals surface area contributed by atoms with Crippen molar-refractivity contribution in [3.8, 4) is 17.6 Å². The van der Waals surface area contributed by atoms with Crippen LogP contribution < -0.4 is 14.8 Å². The van der Waals surface area contributed by atoms with E-state index < -0.39 is 18.0 Å². The molecule has 144 valence electrons. The molecule has 0 aliphatic carbocycles. The molecule has 0 bridgehead atoms. The second-order valence-electron chi connectivity index (χ2n) is 5.68. The Morgan fingerprint density at radius 3 is 2.54 bits per heavy atom. The van der Waals surface area contributed by atoms with Gasteiger partial charge in [0.1, 0.15) is 23.1 Å². The lowest BCUT2D eigenvalue weighted by molar-refractivity contribution is -0.148. The van der Waals surface area contributed by atoms with Crippen LogP contribution in [0, 0.1) is 11.3 Å². The molecule has 28 heavy (non-hydrogen) atoms. The summed E-state index contributed by atoms with van der Waals surface area (Å²) in [6, 6.07) is 15.5. The van der Waals surface area contributed by atoms with Gasteiger partial charge >= 0.3 is 5.97 Å². The normalized spacial score (nSPS) is 11.7. The molecule has 7 heteroatoms. The number of nitrogens with zero attached hydrogens (tertiary/aromatic N) is 1. The van der Waals surface area contributed by atoms with Gasteiger partial charge in [0.15, 0.2) is 6.10 Å². The van der Waals surface area contributed by atoms with E-state index >= 15 is 0 Å². The fourth-order valence-corrected chi connectivity index (χ4v) is 2.29. The van der Waals surface area contributed by atoms with Gasteiger partial charge in [-0.1, -0.05) is 24.3 Å². The molecular formula is C21H20N2O5. The first-order chi connectivity index (χ1) is 13.5. The number of nitrogens with one attached hydrogen (secondary N) is 1. The summed E-state index contributed by atoms with van der Waals surface area (Å²) in [6.07, 6.45) is 0.259. The summed E-state index contributed by atoms with van der Waals surface area (Å²) in [5.74, 6) is -0.376. The van der Waals surface area contributed by atoms with E-state index in [-0.39, 0.29) is 5.57 Å². The Kier molecular flexibility index (Phi) is 7.17. The molecule has 0 aliphatic heterocycles. The van der Waals surface area contributed by atoms with Crippen LogP contribution in [-0.4, -0.2) is 32.2 Å². The van der Waals surface area contributed by atoms with Crippen LogP contribution in [0.25, 0.3) is 6.08 Å². The number of amides is 1. The van der Waals surface area contributed by atoms with Gasteiger partial charge in [0.25, 0.3) is 5.91 Å². The van der Waals surface area contributed by atoms with Crippen LogP contribution in [0.4, 0.5) is 5.69 Å². The van der Waals surface area contributed by atoms with Gasteiger partial charge in [0, 0.05) is 0 Å². The first-order valence-electron chi connectivity index (χ1n) is 8.39. The Balaban J connectivity index is 2.07. The van der Waals surface area contributed by atoms with Crippen molar-refractivity contribution < 1.29 is 23.8 Å². The monoisotopic (exact) mass is 380 g/mol. The van der Waals surface area contributed by atoms with Crippen LogP contribution in [0.3, 0.4) is 0 Å². The summed E-state index contributed by atoms with van der Waals surface area (Å²) in [5, 5.41) is 11.9. The minimum Gasteiger partial charge on any atom is -0.497 e. The van der Waals surface area contributed by atoms with Crippen molar-refractivity contribution in [3.63, 3.8) is 0 Å². The highest BCUT2D eigenvalue weighted by Gasteiger charge is 2.21. The zero-order valence-corrected chi connectivity index (χ0v) is 15.8. The van der Waals surface area contributed by atoms with Crippen molar-refractivity contribution in [1.82, 2.24) is 0 Å². The first kappa shape index (κ1) is 20.5.